The predicted molar refractivity (Wildman–Crippen MR) is 137 cm³/mol. The highest BCUT2D eigenvalue weighted by molar-refractivity contribution is 5.64. The fourth-order valence-electron chi connectivity index (χ4n) is 5.82. The normalized spacial score (nSPS) is 33.6. The molecular formula is C29H37N3O3. The number of piperidine rings is 1. The Morgan fingerprint density at radius 1 is 0.914 bits per heavy atom. The van der Waals surface area contributed by atoms with Crippen molar-refractivity contribution in [1.29, 1.82) is 5.26 Å². The molecule has 0 saturated carbocycles. The summed E-state index contributed by atoms with van der Waals surface area (Å²) >= 11 is 0. The van der Waals surface area contributed by atoms with Crippen LogP contribution in [0.15, 0.2) is 72.8 Å². The van der Waals surface area contributed by atoms with E-state index in [-0.39, 0.29) is 17.9 Å². The maximum atomic E-state index is 11.0. The van der Waals surface area contributed by atoms with Crippen LogP contribution in [-0.2, 0) is 0 Å². The van der Waals surface area contributed by atoms with E-state index in [4.69, 9.17) is 0 Å². The second kappa shape index (κ2) is 11.4. The summed E-state index contributed by atoms with van der Waals surface area (Å²) in [5.74, 6) is -0.915. The average Bonchev–Trinajstić information content (AvgIpc) is 3.05. The van der Waals surface area contributed by atoms with Crippen molar-refractivity contribution >= 4 is 11.4 Å². The average molecular weight is 476 g/mol. The fourth-order valence-corrected chi connectivity index (χ4v) is 5.82. The summed E-state index contributed by atoms with van der Waals surface area (Å²) in [4.78, 5) is 3.90. The second-order valence-electron chi connectivity index (χ2n) is 9.89. The van der Waals surface area contributed by atoms with E-state index in [0.717, 1.165) is 24.2 Å². The van der Waals surface area contributed by atoms with Crippen LogP contribution in [0.4, 0.5) is 11.4 Å². The molecule has 6 nitrogen and oxygen atoms in total. The van der Waals surface area contributed by atoms with E-state index in [1.54, 1.807) is 0 Å². The van der Waals surface area contributed by atoms with Crippen LogP contribution >= 0.6 is 0 Å². The first-order valence-electron chi connectivity index (χ1n) is 12.7. The minimum Gasteiger partial charge on any atom is -0.391 e. The molecule has 1 saturated heterocycles. The summed E-state index contributed by atoms with van der Waals surface area (Å²) in [6.07, 6.45) is 3.80. The van der Waals surface area contributed by atoms with Crippen LogP contribution in [0.1, 0.15) is 33.1 Å². The van der Waals surface area contributed by atoms with E-state index in [1.165, 1.54) is 4.90 Å². The SMILES string of the molecule is CCN1C(O)C(C#N)C(O)C(CC2CCC(N(c3ccccc3)c3ccccc3)C=CC2C)C1O. The molecule has 1 aliphatic carbocycles. The summed E-state index contributed by atoms with van der Waals surface area (Å²) in [5, 5.41) is 41.9. The number of benzene rings is 2. The van der Waals surface area contributed by atoms with Gasteiger partial charge in [-0.05, 0) is 55.4 Å². The molecule has 4 rings (SSSR count). The lowest BCUT2D eigenvalue weighted by molar-refractivity contribution is -0.214. The lowest BCUT2D eigenvalue weighted by atomic mass is 9.75. The predicted octanol–water partition coefficient (Wildman–Crippen LogP) is 4.27. The van der Waals surface area contributed by atoms with Gasteiger partial charge in [0.25, 0.3) is 0 Å². The Morgan fingerprint density at radius 2 is 1.51 bits per heavy atom. The summed E-state index contributed by atoms with van der Waals surface area (Å²) < 4.78 is 0. The molecule has 186 valence electrons. The topological polar surface area (TPSA) is 91.0 Å². The maximum absolute atomic E-state index is 11.0. The zero-order valence-corrected chi connectivity index (χ0v) is 20.6. The van der Waals surface area contributed by atoms with E-state index < -0.39 is 30.4 Å². The molecule has 1 heterocycles. The van der Waals surface area contributed by atoms with Crippen LogP contribution in [0.2, 0.25) is 0 Å². The van der Waals surface area contributed by atoms with Gasteiger partial charge in [0.05, 0.1) is 18.2 Å². The Morgan fingerprint density at radius 3 is 2.06 bits per heavy atom. The molecule has 2 aliphatic rings. The van der Waals surface area contributed by atoms with Crippen molar-refractivity contribution in [1.82, 2.24) is 4.90 Å². The molecule has 2 aromatic carbocycles. The van der Waals surface area contributed by atoms with Crippen LogP contribution in [0.3, 0.4) is 0 Å². The van der Waals surface area contributed by atoms with E-state index >= 15 is 0 Å². The highest BCUT2D eigenvalue weighted by atomic mass is 16.3. The zero-order valence-electron chi connectivity index (χ0n) is 20.6. The first kappa shape index (κ1) is 25.4. The monoisotopic (exact) mass is 475 g/mol. The second-order valence-corrected chi connectivity index (χ2v) is 9.89. The number of anilines is 2. The van der Waals surface area contributed by atoms with E-state index in [2.05, 4.69) is 78.6 Å². The molecule has 0 spiro atoms. The number of para-hydroxylation sites is 2. The Balaban J connectivity index is 1.54. The smallest absolute Gasteiger partial charge is 0.127 e. The molecule has 0 aromatic heterocycles. The van der Waals surface area contributed by atoms with E-state index in [9.17, 15) is 20.6 Å². The van der Waals surface area contributed by atoms with Gasteiger partial charge in [-0.2, -0.15) is 5.26 Å². The standard InChI is InChI=1S/C29H37N3O3/c1-3-31-28(34)25(27(33)26(19-30)29(31)35)18-21-15-17-24(16-14-20(21)2)32(22-10-6-4-7-11-22)23-12-8-5-9-13-23/h4-14,16,20-21,24-29,33-35H,3,15,17-18H2,1-2H3. The summed E-state index contributed by atoms with van der Waals surface area (Å²) in [5.41, 5.74) is 2.28. The molecule has 3 N–H and O–H groups in total. The number of aliphatic hydroxyl groups excluding tert-OH is 3. The van der Waals surface area contributed by atoms with Crippen molar-refractivity contribution in [2.75, 3.05) is 11.4 Å². The first-order valence-corrected chi connectivity index (χ1v) is 12.7. The zero-order chi connectivity index (χ0) is 24.9. The van der Waals surface area contributed by atoms with Gasteiger partial charge in [-0.1, -0.05) is 62.4 Å². The van der Waals surface area contributed by atoms with E-state index in [0.29, 0.717) is 13.0 Å². The first-order chi connectivity index (χ1) is 17.0. The summed E-state index contributed by atoms with van der Waals surface area (Å²) in [6, 6.07) is 23.1. The Bertz CT molecular complexity index is 969. The lowest BCUT2D eigenvalue weighted by Crippen LogP contribution is -2.61. The quantitative estimate of drug-likeness (QED) is 0.541. The Kier molecular flexibility index (Phi) is 8.25. The maximum Gasteiger partial charge on any atom is 0.127 e. The number of nitrogens with zero attached hydrogens (tertiary/aromatic N) is 3. The van der Waals surface area contributed by atoms with E-state index in [1.807, 2.05) is 19.1 Å². The number of allylic oxidation sites excluding steroid dienone is 1. The van der Waals surface area contributed by atoms with Crippen molar-refractivity contribution < 1.29 is 15.3 Å². The van der Waals surface area contributed by atoms with Crippen LogP contribution < -0.4 is 4.90 Å². The summed E-state index contributed by atoms with van der Waals surface area (Å²) in [6.45, 7) is 4.45. The fraction of sp³-hybridized carbons (Fsp3) is 0.483. The van der Waals surface area contributed by atoms with Gasteiger partial charge in [-0.25, -0.2) is 0 Å². The number of nitriles is 1. The van der Waals surface area contributed by atoms with Crippen LogP contribution in [0.5, 0.6) is 0 Å². The number of likely N-dealkylation sites (tertiary alicyclic amines) is 1. The van der Waals surface area contributed by atoms with Gasteiger partial charge < -0.3 is 20.2 Å². The lowest BCUT2D eigenvalue weighted by Gasteiger charge is -2.47. The highest BCUT2D eigenvalue weighted by Crippen LogP contribution is 2.40. The molecule has 0 amide bonds. The molecule has 2 aromatic rings. The number of rotatable bonds is 6. The van der Waals surface area contributed by atoms with Crippen molar-refractivity contribution in [3.05, 3.63) is 72.8 Å². The minimum atomic E-state index is -1.16. The Hall–Kier alpha value is -2.69. The van der Waals surface area contributed by atoms with Crippen molar-refractivity contribution in [3.8, 4) is 6.07 Å². The van der Waals surface area contributed by atoms with Gasteiger partial charge in [0.15, 0.2) is 0 Å². The third-order valence-corrected chi connectivity index (χ3v) is 7.89. The number of aliphatic hydroxyl groups is 3. The van der Waals surface area contributed by atoms with Gasteiger partial charge in [-0.3, -0.25) is 4.90 Å². The molecule has 6 heteroatoms. The van der Waals surface area contributed by atoms with Crippen molar-refractivity contribution in [3.63, 3.8) is 0 Å². The van der Waals surface area contributed by atoms with Crippen molar-refractivity contribution in [2.45, 2.75) is 57.7 Å². The van der Waals surface area contributed by atoms with Crippen molar-refractivity contribution in [2.24, 2.45) is 23.7 Å². The third kappa shape index (κ3) is 5.29. The van der Waals surface area contributed by atoms with Gasteiger partial charge in [0.1, 0.15) is 18.4 Å². The molecule has 8 atom stereocenters. The Labute approximate surface area is 208 Å². The third-order valence-electron chi connectivity index (χ3n) is 7.89. The molecule has 0 bridgehead atoms. The van der Waals surface area contributed by atoms with Crippen LogP contribution in [0.25, 0.3) is 0 Å². The highest BCUT2D eigenvalue weighted by Gasteiger charge is 2.48. The minimum absolute atomic E-state index is 0.175. The molecule has 8 unspecified atom stereocenters. The molecule has 1 fully saturated rings. The largest absolute Gasteiger partial charge is 0.391 e. The molecular weight excluding hydrogens is 438 g/mol. The van der Waals surface area contributed by atoms with Gasteiger partial charge >= 0.3 is 0 Å². The number of hydrogen-bond donors (Lipinski definition) is 3. The van der Waals surface area contributed by atoms with Gasteiger partial charge in [-0.15, -0.1) is 0 Å². The number of hydrogen-bond acceptors (Lipinski definition) is 6. The molecule has 1 aliphatic heterocycles. The van der Waals surface area contributed by atoms with Gasteiger partial charge in [0, 0.05) is 23.8 Å². The molecule has 35 heavy (non-hydrogen) atoms. The molecule has 0 radical (unpaired) electrons. The van der Waals surface area contributed by atoms with Crippen LogP contribution in [0, 0.1) is 35.0 Å². The van der Waals surface area contributed by atoms with Crippen LogP contribution in [-0.4, -0.2) is 51.4 Å². The summed E-state index contributed by atoms with van der Waals surface area (Å²) in [7, 11) is 0. The van der Waals surface area contributed by atoms with Gasteiger partial charge in [0.2, 0.25) is 0 Å².